The van der Waals surface area contributed by atoms with Crippen molar-refractivity contribution >= 4 is 23.4 Å². The molecule has 1 amide bonds. The number of anilines is 1. The Balaban J connectivity index is 1.45. The number of carbonyl (C=O) groups is 1. The van der Waals surface area contributed by atoms with Gasteiger partial charge < -0.3 is 20.1 Å². The average molecular weight is 508 g/mol. The van der Waals surface area contributed by atoms with Gasteiger partial charge in [-0.1, -0.05) is 23.8 Å². The van der Waals surface area contributed by atoms with Crippen molar-refractivity contribution in [1.82, 2.24) is 19.9 Å². The van der Waals surface area contributed by atoms with Crippen molar-refractivity contribution in [2.75, 3.05) is 18.4 Å². The third kappa shape index (κ3) is 5.52. The molecule has 5 rings (SSSR count). The summed E-state index contributed by atoms with van der Waals surface area (Å²) in [5.74, 6) is 0.615. The number of benzene rings is 1. The molecule has 1 saturated carbocycles. The Morgan fingerprint density at radius 2 is 1.94 bits per heavy atom. The number of hydrogen-bond donors (Lipinski definition) is 2. The number of piperidine rings is 1. The monoisotopic (exact) mass is 507 g/mol. The highest BCUT2D eigenvalue weighted by atomic mass is 32.1. The Morgan fingerprint density at radius 1 is 1.19 bits per heavy atom. The summed E-state index contributed by atoms with van der Waals surface area (Å²) < 4.78 is 5.52. The average Bonchev–Trinajstić information content (AvgIpc) is 3.51. The van der Waals surface area contributed by atoms with E-state index in [0.717, 1.165) is 40.2 Å². The molecule has 9 heteroatoms. The quantitative estimate of drug-likeness (QED) is 0.479. The SMILES string of the molecule is Cc1cccc(-c2nc(C3(O)CCN(C(=O)OC(C)(C)C)CC3)sc2-c2ccnc(NC3CC3)n2)c1. The van der Waals surface area contributed by atoms with Crippen LogP contribution in [-0.2, 0) is 10.3 Å². The zero-order valence-corrected chi connectivity index (χ0v) is 22.1. The molecular formula is C27H33N5O3S. The van der Waals surface area contributed by atoms with E-state index < -0.39 is 11.2 Å². The number of aromatic nitrogens is 3. The Morgan fingerprint density at radius 3 is 2.61 bits per heavy atom. The normalized spacial score (nSPS) is 17.6. The van der Waals surface area contributed by atoms with Gasteiger partial charge in [0, 0.05) is 43.7 Å². The van der Waals surface area contributed by atoms with Crippen LogP contribution in [0.5, 0.6) is 0 Å². The van der Waals surface area contributed by atoms with Gasteiger partial charge >= 0.3 is 6.09 Å². The molecule has 0 radical (unpaired) electrons. The number of ether oxygens (including phenoxy) is 1. The number of nitrogens with one attached hydrogen (secondary N) is 1. The minimum absolute atomic E-state index is 0.346. The van der Waals surface area contributed by atoms with E-state index >= 15 is 0 Å². The lowest BCUT2D eigenvalue weighted by molar-refractivity contribution is -0.0356. The van der Waals surface area contributed by atoms with Crippen molar-refractivity contribution in [1.29, 1.82) is 0 Å². The zero-order chi connectivity index (χ0) is 25.5. The number of nitrogens with zero attached hydrogens (tertiary/aromatic N) is 4. The van der Waals surface area contributed by atoms with Gasteiger partial charge in [-0.05, 0) is 52.7 Å². The first-order chi connectivity index (χ1) is 17.1. The number of carbonyl (C=O) groups excluding carboxylic acids is 1. The van der Waals surface area contributed by atoms with Gasteiger partial charge in [0.1, 0.15) is 16.2 Å². The van der Waals surface area contributed by atoms with Crippen molar-refractivity contribution < 1.29 is 14.6 Å². The number of amides is 1. The lowest BCUT2D eigenvalue weighted by Gasteiger charge is -2.37. The maximum atomic E-state index is 12.5. The van der Waals surface area contributed by atoms with E-state index in [0.29, 0.717) is 42.9 Å². The lowest BCUT2D eigenvalue weighted by Crippen LogP contribution is -2.46. The second-order valence-electron chi connectivity index (χ2n) is 10.7. The van der Waals surface area contributed by atoms with E-state index in [9.17, 15) is 9.90 Å². The van der Waals surface area contributed by atoms with Crippen LogP contribution in [-0.4, -0.2) is 55.8 Å². The van der Waals surface area contributed by atoms with E-state index in [2.05, 4.69) is 29.4 Å². The molecule has 1 saturated heterocycles. The standard InChI is InChI=1S/C27H33N5O3S/c1-17-6-5-7-18(16-17)21-22(20-10-13-28-24(30-20)29-19-8-9-19)36-23(31-21)27(34)11-14-32(15-12-27)25(33)35-26(2,3)4/h5-7,10,13,16,19,34H,8-9,11-12,14-15H2,1-4H3,(H,28,29,30). The fraction of sp³-hybridized carbons (Fsp3) is 0.481. The molecular weight excluding hydrogens is 474 g/mol. The van der Waals surface area contributed by atoms with E-state index in [1.54, 1.807) is 11.1 Å². The third-order valence-corrected chi connectivity index (χ3v) is 7.63. The first kappa shape index (κ1) is 24.6. The highest BCUT2D eigenvalue weighted by molar-refractivity contribution is 7.15. The number of hydrogen-bond acceptors (Lipinski definition) is 8. The van der Waals surface area contributed by atoms with Crippen LogP contribution in [0.25, 0.3) is 21.8 Å². The molecule has 0 spiro atoms. The molecule has 0 unspecified atom stereocenters. The molecule has 0 atom stereocenters. The minimum Gasteiger partial charge on any atom is -0.444 e. The molecule has 8 nitrogen and oxygen atoms in total. The van der Waals surface area contributed by atoms with Crippen LogP contribution in [0.15, 0.2) is 36.5 Å². The maximum Gasteiger partial charge on any atom is 0.410 e. The lowest BCUT2D eigenvalue weighted by atomic mass is 9.92. The van der Waals surface area contributed by atoms with Gasteiger partial charge in [0.15, 0.2) is 0 Å². The summed E-state index contributed by atoms with van der Waals surface area (Å²) in [6.07, 6.45) is 4.48. The number of thiazole rings is 1. The second kappa shape index (κ2) is 9.44. The highest BCUT2D eigenvalue weighted by Gasteiger charge is 2.40. The molecule has 1 aliphatic carbocycles. The predicted octanol–water partition coefficient (Wildman–Crippen LogP) is 5.37. The van der Waals surface area contributed by atoms with Crippen molar-refractivity contribution in [3.05, 3.63) is 47.1 Å². The summed E-state index contributed by atoms with van der Waals surface area (Å²) in [6, 6.07) is 10.5. The van der Waals surface area contributed by atoms with Gasteiger partial charge in [0.05, 0.1) is 16.3 Å². The Labute approximate surface area is 215 Å². The van der Waals surface area contributed by atoms with E-state index in [1.807, 2.05) is 39.0 Å². The summed E-state index contributed by atoms with van der Waals surface area (Å²) in [4.78, 5) is 29.2. The van der Waals surface area contributed by atoms with Crippen LogP contribution in [0, 0.1) is 6.92 Å². The summed E-state index contributed by atoms with van der Waals surface area (Å²) in [7, 11) is 0. The van der Waals surface area contributed by atoms with Crippen LogP contribution < -0.4 is 5.32 Å². The molecule has 2 N–H and O–H groups in total. The molecule has 1 aromatic carbocycles. The summed E-state index contributed by atoms with van der Waals surface area (Å²) in [6.45, 7) is 8.43. The maximum absolute atomic E-state index is 12.5. The number of likely N-dealkylation sites (tertiary alicyclic amines) is 1. The highest BCUT2D eigenvalue weighted by Crippen LogP contribution is 2.43. The van der Waals surface area contributed by atoms with Crippen molar-refractivity contribution in [2.45, 2.75) is 70.6 Å². The third-order valence-electron chi connectivity index (χ3n) is 6.36. The van der Waals surface area contributed by atoms with Gasteiger partial charge in [-0.25, -0.2) is 19.7 Å². The number of aliphatic hydroxyl groups is 1. The molecule has 190 valence electrons. The van der Waals surface area contributed by atoms with E-state index in [-0.39, 0.29) is 6.09 Å². The van der Waals surface area contributed by atoms with Crippen molar-refractivity contribution in [3.8, 4) is 21.8 Å². The smallest absolute Gasteiger partial charge is 0.410 e. The van der Waals surface area contributed by atoms with Gasteiger partial charge in [-0.2, -0.15) is 0 Å². The molecule has 0 bridgehead atoms. The molecule has 2 aliphatic rings. The van der Waals surface area contributed by atoms with Gasteiger partial charge in [-0.15, -0.1) is 11.3 Å². The molecule has 3 heterocycles. The fourth-order valence-electron chi connectivity index (χ4n) is 4.25. The van der Waals surface area contributed by atoms with Crippen molar-refractivity contribution in [3.63, 3.8) is 0 Å². The van der Waals surface area contributed by atoms with Gasteiger partial charge in [-0.3, -0.25) is 0 Å². The van der Waals surface area contributed by atoms with Crippen LogP contribution in [0.1, 0.15) is 57.0 Å². The predicted molar refractivity (Wildman–Crippen MR) is 141 cm³/mol. The Kier molecular flexibility index (Phi) is 6.46. The minimum atomic E-state index is -1.12. The summed E-state index contributed by atoms with van der Waals surface area (Å²) >= 11 is 1.47. The second-order valence-corrected chi connectivity index (χ2v) is 11.7. The Hall–Kier alpha value is -3.04. The largest absolute Gasteiger partial charge is 0.444 e. The first-order valence-corrected chi connectivity index (χ1v) is 13.3. The van der Waals surface area contributed by atoms with Crippen molar-refractivity contribution in [2.24, 2.45) is 0 Å². The molecule has 2 aromatic heterocycles. The number of aryl methyl sites for hydroxylation is 1. The van der Waals surface area contributed by atoms with Gasteiger partial charge in [0.2, 0.25) is 5.95 Å². The van der Waals surface area contributed by atoms with Crippen LogP contribution in [0.2, 0.25) is 0 Å². The molecule has 2 fully saturated rings. The van der Waals surface area contributed by atoms with Gasteiger partial charge in [0.25, 0.3) is 0 Å². The fourth-order valence-corrected chi connectivity index (χ4v) is 5.45. The zero-order valence-electron chi connectivity index (χ0n) is 21.2. The Bertz CT molecular complexity index is 1260. The number of rotatable bonds is 5. The van der Waals surface area contributed by atoms with E-state index in [1.165, 1.54) is 11.3 Å². The topological polar surface area (TPSA) is 100 Å². The summed E-state index contributed by atoms with van der Waals surface area (Å²) in [5, 5.41) is 15.7. The molecule has 36 heavy (non-hydrogen) atoms. The summed E-state index contributed by atoms with van der Waals surface area (Å²) in [5.41, 5.74) is 2.03. The molecule has 1 aliphatic heterocycles. The van der Waals surface area contributed by atoms with Crippen LogP contribution >= 0.6 is 11.3 Å². The van der Waals surface area contributed by atoms with Crippen LogP contribution in [0.4, 0.5) is 10.7 Å². The first-order valence-electron chi connectivity index (χ1n) is 12.5. The van der Waals surface area contributed by atoms with Crippen LogP contribution in [0.3, 0.4) is 0 Å². The molecule has 3 aromatic rings. The van der Waals surface area contributed by atoms with E-state index in [4.69, 9.17) is 14.7 Å².